The summed E-state index contributed by atoms with van der Waals surface area (Å²) in [4.78, 5) is 11.0. The maximum atomic E-state index is 13.6. The maximum Gasteiger partial charge on any atom is 0.320 e. The first-order valence-electron chi connectivity index (χ1n) is 6.40. The fraction of sp³-hybridized carbons (Fsp3) is 0.500. The third-order valence-electron chi connectivity index (χ3n) is 2.76. The van der Waals surface area contributed by atoms with Crippen LogP contribution in [0.5, 0.6) is 5.75 Å². The Morgan fingerprint density at radius 1 is 1.53 bits per heavy atom. The van der Waals surface area contributed by atoms with Crippen LogP contribution in [0.4, 0.5) is 4.39 Å². The van der Waals surface area contributed by atoms with Crippen molar-refractivity contribution in [3.8, 4) is 5.75 Å². The molecule has 0 fully saturated rings. The molecule has 0 heterocycles. The quantitative estimate of drug-likeness (QED) is 0.760. The number of halogens is 1. The van der Waals surface area contributed by atoms with Crippen LogP contribution in [0.3, 0.4) is 0 Å². The molecule has 2 N–H and O–H groups in total. The van der Waals surface area contributed by atoms with Gasteiger partial charge in [0.25, 0.3) is 0 Å². The molecule has 106 valence electrons. The number of nitrogens with one attached hydrogen (secondary N) is 1. The van der Waals surface area contributed by atoms with Gasteiger partial charge in [0.05, 0.1) is 6.61 Å². The van der Waals surface area contributed by atoms with Gasteiger partial charge in [0.2, 0.25) is 0 Å². The number of ether oxygens (including phenoxy) is 1. The van der Waals surface area contributed by atoms with Crippen LogP contribution >= 0.6 is 0 Å². The lowest BCUT2D eigenvalue weighted by molar-refractivity contribution is -0.139. The minimum atomic E-state index is -0.915. The second-order valence-electron chi connectivity index (χ2n) is 4.37. The zero-order valence-corrected chi connectivity index (χ0v) is 11.3. The molecule has 0 bridgehead atoms. The summed E-state index contributed by atoms with van der Waals surface area (Å²) in [6, 6.07) is 4.24. The van der Waals surface area contributed by atoms with Gasteiger partial charge < -0.3 is 15.2 Å². The number of rotatable bonds is 8. The van der Waals surface area contributed by atoms with Crippen molar-refractivity contribution in [1.82, 2.24) is 5.32 Å². The second-order valence-corrected chi connectivity index (χ2v) is 4.37. The summed E-state index contributed by atoms with van der Waals surface area (Å²) in [5, 5.41) is 11.9. The number of benzene rings is 1. The lowest BCUT2D eigenvalue weighted by Crippen LogP contribution is -2.38. The number of carbonyl (C=O) groups is 1. The summed E-state index contributed by atoms with van der Waals surface area (Å²) < 4.78 is 18.9. The molecule has 1 rings (SSSR count). The van der Waals surface area contributed by atoms with Crippen LogP contribution in [0.15, 0.2) is 18.2 Å². The SMILES string of the molecule is CCCNC(CCOc1cccc(C)c1F)C(=O)O. The Balaban J connectivity index is 2.47. The van der Waals surface area contributed by atoms with Crippen LogP contribution in [0, 0.1) is 12.7 Å². The summed E-state index contributed by atoms with van der Waals surface area (Å²) >= 11 is 0. The molecule has 0 spiro atoms. The first kappa shape index (κ1) is 15.4. The molecule has 0 aliphatic carbocycles. The number of aliphatic carboxylic acids is 1. The smallest absolute Gasteiger partial charge is 0.320 e. The zero-order valence-electron chi connectivity index (χ0n) is 11.3. The van der Waals surface area contributed by atoms with Crippen molar-refractivity contribution in [2.24, 2.45) is 0 Å². The van der Waals surface area contributed by atoms with Crippen LogP contribution in [0.1, 0.15) is 25.3 Å². The molecule has 1 unspecified atom stereocenters. The number of aryl methyl sites for hydroxylation is 1. The van der Waals surface area contributed by atoms with Gasteiger partial charge in [-0.3, -0.25) is 4.79 Å². The molecule has 0 radical (unpaired) electrons. The predicted octanol–water partition coefficient (Wildman–Crippen LogP) is 2.36. The number of hydrogen-bond donors (Lipinski definition) is 2. The molecule has 0 aromatic heterocycles. The number of carboxylic acids is 1. The van der Waals surface area contributed by atoms with E-state index in [0.29, 0.717) is 18.5 Å². The number of hydrogen-bond acceptors (Lipinski definition) is 3. The predicted molar refractivity (Wildman–Crippen MR) is 71.0 cm³/mol. The number of carboxylic acid groups (broad SMARTS) is 1. The maximum absolute atomic E-state index is 13.6. The largest absolute Gasteiger partial charge is 0.490 e. The second kappa shape index (κ2) is 7.74. The highest BCUT2D eigenvalue weighted by Crippen LogP contribution is 2.19. The van der Waals surface area contributed by atoms with Crippen molar-refractivity contribution < 1.29 is 19.0 Å². The Hall–Kier alpha value is -1.62. The molecular weight excluding hydrogens is 249 g/mol. The van der Waals surface area contributed by atoms with Crippen molar-refractivity contribution in [3.05, 3.63) is 29.6 Å². The van der Waals surface area contributed by atoms with Crippen molar-refractivity contribution in [3.63, 3.8) is 0 Å². The summed E-state index contributed by atoms with van der Waals surface area (Å²) in [5.74, 6) is -1.14. The Morgan fingerprint density at radius 3 is 2.89 bits per heavy atom. The minimum absolute atomic E-state index is 0.161. The summed E-state index contributed by atoms with van der Waals surface area (Å²) in [6.07, 6.45) is 1.15. The molecule has 1 aromatic carbocycles. The van der Waals surface area contributed by atoms with E-state index in [1.165, 1.54) is 6.07 Å². The third kappa shape index (κ3) is 4.87. The fourth-order valence-corrected chi connectivity index (χ4v) is 1.65. The molecule has 5 heteroatoms. The van der Waals surface area contributed by atoms with Crippen molar-refractivity contribution in [2.45, 2.75) is 32.7 Å². The summed E-state index contributed by atoms with van der Waals surface area (Å²) in [7, 11) is 0. The molecule has 0 aliphatic rings. The normalized spacial score (nSPS) is 12.2. The van der Waals surface area contributed by atoms with E-state index in [0.717, 1.165) is 6.42 Å². The van der Waals surface area contributed by atoms with Gasteiger partial charge in [-0.15, -0.1) is 0 Å². The van der Waals surface area contributed by atoms with Gasteiger partial charge in [0.1, 0.15) is 6.04 Å². The first-order chi connectivity index (χ1) is 9.06. The van der Waals surface area contributed by atoms with E-state index in [1.54, 1.807) is 19.1 Å². The zero-order chi connectivity index (χ0) is 14.3. The van der Waals surface area contributed by atoms with Gasteiger partial charge in [-0.25, -0.2) is 4.39 Å². The molecule has 1 aromatic rings. The highest BCUT2D eigenvalue weighted by Gasteiger charge is 2.16. The molecule has 4 nitrogen and oxygen atoms in total. The van der Waals surface area contributed by atoms with Crippen molar-refractivity contribution >= 4 is 5.97 Å². The highest BCUT2D eigenvalue weighted by molar-refractivity contribution is 5.73. The third-order valence-corrected chi connectivity index (χ3v) is 2.76. The van der Waals surface area contributed by atoms with Crippen molar-refractivity contribution in [2.75, 3.05) is 13.2 Å². The Kier molecular flexibility index (Phi) is 6.29. The van der Waals surface area contributed by atoms with E-state index >= 15 is 0 Å². The van der Waals surface area contributed by atoms with E-state index in [2.05, 4.69) is 5.32 Å². The van der Waals surface area contributed by atoms with Crippen LogP contribution in [-0.4, -0.2) is 30.3 Å². The highest BCUT2D eigenvalue weighted by atomic mass is 19.1. The van der Waals surface area contributed by atoms with Crippen LogP contribution < -0.4 is 10.1 Å². The molecule has 0 aliphatic heterocycles. The van der Waals surface area contributed by atoms with Gasteiger partial charge in [-0.2, -0.15) is 0 Å². The molecule has 1 atom stereocenters. The van der Waals surface area contributed by atoms with E-state index in [9.17, 15) is 9.18 Å². The standard InChI is InChI=1S/C14H20FNO3/c1-3-8-16-11(14(17)18)7-9-19-12-6-4-5-10(2)13(12)15/h4-6,11,16H,3,7-9H2,1-2H3,(H,17,18). The average Bonchev–Trinajstić information content (AvgIpc) is 2.38. The van der Waals surface area contributed by atoms with Crippen molar-refractivity contribution in [1.29, 1.82) is 0 Å². The first-order valence-corrected chi connectivity index (χ1v) is 6.40. The minimum Gasteiger partial charge on any atom is -0.490 e. The Labute approximate surface area is 112 Å². The molecule has 0 saturated carbocycles. The van der Waals surface area contributed by atoms with E-state index in [-0.39, 0.29) is 12.4 Å². The van der Waals surface area contributed by atoms with Gasteiger partial charge >= 0.3 is 5.97 Å². The van der Waals surface area contributed by atoms with Crippen LogP contribution in [0.2, 0.25) is 0 Å². The molecular formula is C14H20FNO3. The lowest BCUT2D eigenvalue weighted by atomic mass is 10.2. The lowest BCUT2D eigenvalue weighted by Gasteiger charge is -2.14. The summed E-state index contributed by atoms with van der Waals surface area (Å²) in [5.41, 5.74) is 0.511. The molecule has 0 saturated heterocycles. The van der Waals surface area contributed by atoms with Gasteiger partial charge in [0, 0.05) is 6.42 Å². The Morgan fingerprint density at radius 2 is 2.26 bits per heavy atom. The van der Waals surface area contributed by atoms with Crippen LogP contribution in [-0.2, 0) is 4.79 Å². The average molecular weight is 269 g/mol. The van der Waals surface area contributed by atoms with Gasteiger partial charge in [0.15, 0.2) is 11.6 Å². The Bertz CT molecular complexity index is 423. The van der Waals surface area contributed by atoms with Crippen LogP contribution in [0.25, 0.3) is 0 Å². The van der Waals surface area contributed by atoms with E-state index < -0.39 is 17.8 Å². The van der Waals surface area contributed by atoms with Gasteiger partial charge in [-0.1, -0.05) is 19.1 Å². The molecule has 19 heavy (non-hydrogen) atoms. The summed E-state index contributed by atoms with van der Waals surface area (Å²) in [6.45, 7) is 4.42. The topological polar surface area (TPSA) is 58.6 Å². The monoisotopic (exact) mass is 269 g/mol. The van der Waals surface area contributed by atoms with Gasteiger partial charge in [-0.05, 0) is 31.5 Å². The van der Waals surface area contributed by atoms with E-state index in [4.69, 9.17) is 9.84 Å². The van der Waals surface area contributed by atoms with E-state index in [1.807, 2.05) is 6.92 Å². The fourth-order valence-electron chi connectivity index (χ4n) is 1.65. The molecule has 0 amide bonds.